The lowest BCUT2D eigenvalue weighted by Crippen LogP contribution is -2.19. The van der Waals surface area contributed by atoms with Crippen LogP contribution in [0.3, 0.4) is 0 Å². The molecular formula is C11H9FO5. The third-order valence-electron chi connectivity index (χ3n) is 2.00. The highest BCUT2D eigenvalue weighted by Crippen LogP contribution is 2.17. The van der Waals surface area contributed by atoms with E-state index in [-0.39, 0.29) is 5.56 Å². The molecule has 0 heterocycles. The minimum atomic E-state index is -1.12. The van der Waals surface area contributed by atoms with E-state index < -0.39 is 35.5 Å². The maximum absolute atomic E-state index is 12.7. The van der Waals surface area contributed by atoms with Crippen molar-refractivity contribution < 1.29 is 28.6 Å². The van der Waals surface area contributed by atoms with Crippen molar-refractivity contribution in [2.75, 3.05) is 7.11 Å². The molecule has 0 atom stereocenters. The summed E-state index contributed by atoms with van der Waals surface area (Å²) in [6.45, 7) is 0. The van der Waals surface area contributed by atoms with Crippen LogP contribution in [0.15, 0.2) is 18.2 Å². The molecule has 0 saturated carbocycles. The number of rotatable bonds is 4. The molecule has 0 amide bonds. The lowest BCUT2D eigenvalue weighted by atomic mass is 10.1. The summed E-state index contributed by atoms with van der Waals surface area (Å²) in [5.74, 6) is -4.39. The Labute approximate surface area is 95.8 Å². The van der Waals surface area contributed by atoms with Gasteiger partial charge in [0.05, 0.1) is 13.5 Å². The van der Waals surface area contributed by atoms with Gasteiger partial charge in [-0.25, -0.2) is 9.18 Å². The second-order valence-electron chi connectivity index (χ2n) is 3.18. The summed E-state index contributed by atoms with van der Waals surface area (Å²) in [7, 11) is 1.02. The van der Waals surface area contributed by atoms with Crippen LogP contribution < -0.4 is 0 Å². The molecule has 17 heavy (non-hydrogen) atoms. The van der Waals surface area contributed by atoms with Gasteiger partial charge in [-0.3, -0.25) is 9.59 Å². The number of hydrogen-bond donors (Lipinski definition) is 1. The van der Waals surface area contributed by atoms with E-state index in [1.807, 2.05) is 0 Å². The fourth-order valence-electron chi connectivity index (χ4n) is 1.12. The molecule has 1 rings (SSSR count). The van der Waals surface area contributed by atoms with Crippen LogP contribution in [0.1, 0.15) is 16.8 Å². The van der Waals surface area contributed by atoms with Gasteiger partial charge in [0.15, 0.2) is 17.3 Å². The van der Waals surface area contributed by atoms with Crippen molar-refractivity contribution in [1.29, 1.82) is 0 Å². The third kappa shape index (κ3) is 3.10. The summed E-state index contributed by atoms with van der Waals surface area (Å²) in [6.07, 6.45) is -0.683. The fourth-order valence-corrected chi connectivity index (χ4v) is 1.12. The molecule has 6 heteroatoms. The van der Waals surface area contributed by atoms with Crippen molar-refractivity contribution >= 4 is 17.5 Å². The number of benzene rings is 1. The summed E-state index contributed by atoms with van der Waals surface area (Å²) >= 11 is 0. The number of carbonyl (C=O) groups excluding carboxylic acids is 3. The lowest BCUT2D eigenvalue weighted by molar-refractivity contribution is -0.151. The molecule has 0 aliphatic heterocycles. The van der Waals surface area contributed by atoms with Gasteiger partial charge in [-0.2, -0.15) is 0 Å². The Morgan fingerprint density at radius 2 is 2.00 bits per heavy atom. The molecule has 0 radical (unpaired) electrons. The van der Waals surface area contributed by atoms with E-state index in [1.165, 1.54) is 0 Å². The van der Waals surface area contributed by atoms with Gasteiger partial charge in [0.2, 0.25) is 5.78 Å². The first-order valence-electron chi connectivity index (χ1n) is 4.58. The summed E-state index contributed by atoms with van der Waals surface area (Å²) < 4.78 is 16.8. The number of ketones is 2. The number of esters is 1. The topological polar surface area (TPSA) is 80.7 Å². The van der Waals surface area contributed by atoms with E-state index in [2.05, 4.69) is 4.74 Å². The average Bonchev–Trinajstić information content (AvgIpc) is 2.31. The van der Waals surface area contributed by atoms with Crippen LogP contribution in [0.5, 0.6) is 5.75 Å². The van der Waals surface area contributed by atoms with E-state index in [4.69, 9.17) is 5.11 Å². The monoisotopic (exact) mass is 240 g/mol. The molecule has 0 fully saturated rings. The van der Waals surface area contributed by atoms with Crippen molar-refractivity contribution in [1.82, 2.24) is 0 Å². The number of methoxy groups -OCH3 is 1. The molecule has 1 aromatic carbocycles. The van der Waals surface area contributed by atoms with Crippen molar-refractivity contribution in [2.24, 2.45) is 0 Å². The Morgan fingerprint density at radius 3 is 2.53 bits per heavy atom. The summed E-state index contributed by atoms with van der Waals surface area (Å²) in [6, 6.07) is 2.90. The van der Waals surface area contributed by atoms with Gasteiger partial charge >= 0.3 is 5.97 Å². The van der Waals surface area contributed by atoms with Crippen molar-refractivity contribution in [3.63, 3.8) is 0 Å². The Balaban J connectivity index is 2.80. The summed E-state index contributed by atoms with van der Waals surface area (Å²) in [4.78, 5) is 33.3. The van der Waals surface area contributed by atoms with E-state index in [1.54, 1.807) is 0 Å². The van der Waals surface area contributed by atoms with Gasteiger partial charge in [0.1, 0.15) is 0 Å². The summed E-state index contributed by atoms with van der Waals surface area (Å²) in [5, 5.41) is 9.03. The van der Waals surface area contributed by atoms with E-state index >= 15 is 0 Å². The highest BCUT2D eigenvalue weighted by Gasteiger charge is 2.19. The maximum Gasteiger partial charge on any atom is 0.374 e. The van der Waals surface area contributed by atoms with Crippen molar-refractivity contribution in [3.8, 4) is 5.75 Å². The fraction of sp³-hybridized carbons (Fsp3) is 0.182. The number of hydrogen-bond acceptors (Lipinski definition) is 5. The highest BCUT2D eigenvalue weighted by molar-refractivity contribution is 6.38. The first-order chi connectivity index (χ1) is 7.95. The third-order valence-corrected chi connectivity index (χ3v) is 2.00. The predicted molar refractivity (Wildman–Crippen MR) is 54.0 cm³/mol. The van der Waals surface area contributed by atoms with Gasteiger partial charge in [-0.1, -0.05) is 0 Å². The molecule has 1 N–H and O–H groups in total. The summed E-state index contributed by atoms with van der Waals surface area (Å²) in [5.41, 5.74) is -0.0545. The quantitative estimate of drug-likeness (QED) is 0.365. The Hall–Kier alpha value is -2.24. The number of phenols is 1. The molecular weight excluding hydrogens is 231 g/mol. The lowest BCUT2D eigenvalue weighted by Gasteiger charge is -2.01. The standard InChI is InChI=1S/C11H9FO5/c1-17-11(16)10(15)5-8(13)6-2-3-7(12)9(14)4-6/h2-4,14H,5H2,1H3. The number of carbonyl (C=O) groups is 3. The first kappa shape index (κ1) is 12.8. The zero-order valence-corrected chi connectivity index (χ0v) is 8.90. The van der Waals surface area contributed by atoms with E-state index in [9.17, 15) is 18.8 Å². The smallest absolute Gasteiger partial charge is 0.374 e. The molecule has 0 saturated heterocycles. The molecule has 90 valence electrons. The molecule has 0 aliphatic rings. The minimum absolute atomic E-state index is 0.0545. The number of ether oxygens (including phenoxy) is 1. The van der Waals surface area contributed by atoms with Gasteiger partial charge in [0.25, 0.3) is 0 Å². The van der Waals surface area contributed by atoms with Gasteiger partial charge in [0, 0.05) is 5.56 Å². The molecule has 0 aromatic heterocycles. The second-order valence-corrected chi connectivity index (χ2v) is 3.18. The van der Waals surface area contributed by atoms with Crippen molar-refractivity contribution in [3.05, 3.63) is 29.6 Å². The number of aromatic hydroxyl groups is 1. The first-order valence-corrected chi connectivity index (χ1v) is 4.58. The number of Topliss-reactive ketones (excluding diaryl/α,β-unsaturated/α-hetero) is 2. The molecule has 0 spiro atoms. The predicted octanol–water partition coefficient (Wildman–Crippen LogP) is 0.846. The largest absolute Gasteiger partial charge is 0.505 e. The number of phenolic OH excluding ortho intramolecular Hbond substituents is 1. The zero-order chi connectivity index (χ0) is 13.0. The second kappa shape index (κ2) is 5.20. The maximum atomic E-state index is 12.7. The molecule has 0 bridgehead atoms. The normalized spacial score (nSPS) is 9.76. The van der Waals surface area contributed by atoms with Crippen LogP contribution in [-0.2, 0) is 14.3 Å². The Morgan fingerprint density at radius 1 is 1.35 bits per heavy atom. The number of halogens is 1. The Kier molecular flexibility index (Phi) is 3.92. The minimum Gasteiger partial charge on any atom is -0.505 e. The van der Waals surface area contributed by atoms with Gasteiger partial charge in [-0.15, -0.1) is 0 Å². The molecule has 5 nitrogen and oxygen atoms in total. The average molecular weight is 240 g/mol. The Bertz CT molecular complexity index is 481. The van der Waals surface area contributed by atoms with Crippen LogP contribution in [-0.4, -0.2) is 29.8 Å². The highest BCUT2D eigenvalue weighted by atomic mass is 19.1. The van der Waals surface area contributed by atoms with Crippen LogP contribution >= 0.6 is 0 Å². The molecule has 1 aromatic rings. The van der Waals surface area contributed by atoms with Crippen LogP contribution in [0.25, 0.3) is 0 Å². The van der Waals surface area contributed by atoms with Crippen LogP contribution in [0, 0.1) is 5.82 Å². The molecule has 0 aliphatic carbocycles. The van der Waals surface area contributed by atoms with Crippen molar-refractivity contribution in [2.45, 2.75) is 6.42 Å². The zero-order valence-electron chi connectivity index (χ0n) is 8.90. The molecule has 0 unspecified atom stereocenters. The van der Waals surface area contributed by atoms with E-state index in [0.29, 0.717) is 0 Å². The van der Waals surface area contributed by atoms with Crippen LogP contribution in [0.2, 0.25) is 0 Å². The van der Waals surface area contributed by atoms with E-state index in [0.717, 1.165) is 25.3 Å². The van der Waals surface area contributed by atoms with Gasteiger partial charge < -0.3 is 9.84 Å². The van der Waals surface area contributed by atoms with Crippen LogP contribution in [0.4, 0.5) is 4.39 Å². The van der Waals surface area contributed by atoms with Gasteiger partial charge in [-0.05, 0) is 18.2 Å². The SMILES string of the molecule is COC(=O)C(=O)CC(=O)c1ccc(F)c(O)c1.